The fourth-order valence-electron chi connectivity index (χ4n) is 3.08. The standard InChI is InChI=1S/C18H19FN4O2/c19-14-4-5-15-16(13-14)25-18(20-15)23-11-8-21(9-12-23)7-10-22-6-2-1-3-17(22)24/h1-6,13H,7-12H2. The topological polar surface area (TPSA) is 54.5 Å². The number of hydrogen-bond acceptors (Lipinski definition) is 5. The molecule has 0 saturated carbocycles. The second-order valence-electron chi connectivity index (χ2n) is 6.17. The number of hydrogen-bond donors (Lipinski definition) is 0. The molecule has 25 heavy (non-hydrogen) atoms. The van der Waals surface area contributed by atoms with Crippen molar-refractivity contribution in [1.29, 1.82) is 0 Å². The van der Waals surface area contributed by atoms with Crippen LogP contribution in [0.25, 0.3) is 11.1 Å². The van der Waals surface area contributed by atoms with Crippen LogP contribution in [0.3, 0.4) is 0 Å². The first-order valence-corrected chi connectivity index (χ1v) is 8.38. The van der Waals surface area contributed by atoms with E-state index in [1.807, 2.05) is 12.3 Å². The van der Waals surface area contributed by atoms with Gasteiger partial charge in [-0.3, -0.25) is 9.69 Å². The quantitative estimate of drug-likeness (QED) is 0.725. The van der Waals surface area contributed by atoms with Crippen molar-refractivity contribution >= 4 is 17.1 Å². The average molecular weight is 342 g/mol. The molecule has 6 nitrogen and oxygen atoms in total. The second kappa shape index (κ2) is 6.68. The summed E-state index contributed by atoms with van der Waals surface area (Å²) < 4.78 is 20.7. The first-order chi connectivity index (χ1) is 12.2. The highest BCUT2D eigenvalue weighted by molar-refractivity contribution is 5.74. The number of pyridine rings is 1. The number of rotatable bonds is 4. The van der Waals surface area contributed by atoms with Crippen LogP contribution in [0.15, 0.2) is 51.8 Å². The summed E-state index contributed by atoms with van der Waals surface area (Å²) in [7, 11) is 0. The van der Waals surface area contributed by atoms with Gasteiger partial charge in [0.2, 0.25) is 0 Å². The molecular formula is C18H19FN4O2. The molecule has 130 valence electrons. The molecule has 0 unspecified atom stereocenters. The Hall–Kier alpha value is -2.67. The van der Waals surface area contributed by atoms with Crippen molar-refractivity contribution in [2.24, 2.45) is 0 Å². The Morgan fingerprint density at radius 3 is 2.72 bits per heavy atom. The van der Waals surface area contributed by atoms with E-state index in [0.717, 1.165) is 32.7 Å². The molecule has 3 aromatic rings. The molecule has 4 rings (SSSR count). The third-order valence-electron chi connectivity index (χ3n) is 4.54. The molecule has 0 radical (unpaired) electrons. The van der Waals surface area contributed by atoms with Gasteiger partial charge in [0.1, 0.15) is 11.3 Å². The lowest BCUT2D eigenvalue weighted by Gasteiger charge is -2.33. The molecule has 1 saturated heterocycles. The summed E-state index contributed by atoms with van der Waals surface area (Å²) in [4.78, 5) is 20.6. The van der Waals surface area contributed by atoms with E-state index in [2.05, 4.69) is 14.8 Å². The van der Waals surface area contributed by atoms with E-state index in [1.54, 1.807) is 22.8 Å². The number of aromatic nitrogens is 2. The van der Waals surface area contributed by atoms with Gasteiger partial charge in [-0.25, -0.2) is 4.39 Å². The zero-order chi connectivity index (χ0) is 17.2. The Kier molecular flexibility index (Phi) is 4.23. The number of fused-ring (bicyclic) bond motifs is 1. The summed E-state index contributed by atoms with van der Waals surface area (Å²) in [6.07, 6.45) is 1.82. The minimum Gasteiger partial charge on any atom is -0.423 e. The summed E-state index contributed by atoms with van der Waals surface area (Å²) >= 11 is 0. The fourth-order valence-corrected chi connectivity index (χ4v) is 3.08. The Morgan fingerprint density at radius 2 is 1.92 bits per heavy atom. The van der Waals surface area contributed by atoms with E-state index in [9.17, 15) is 9.18 Å². The van der Waals surface area contributed by atoms with Crippen LogP contribution in [0.5, 0.6) is 0 Å². The van der Waals surface area contributed by atoms with Crippen molar-refractivity contribution < 1.29 is 8.81 Å². The monoisotopic (exact) mass is 342 g/mol. The van der Waals surface area contributed by atoms with Gasteiger partial charge in [-0.15, -0.1) is 0 Å². The molecule has 0 bridgehead atoms. The van der Waals surface area contributed by atoms with Gasteiger partial charge in [-0.1, -0.05) is 6.07 Å². The molecular weight excluding hydrogens is 323 g/mol. The second-order valence-corrected chi connectivity index (χ2v) is 6.17. The highest BCUT2D eigenvalue weighted by Gasteiger charge is 2.21. The van der Waals surface area contributed by atoms with Gasteiger partial charge in [-0.05, 0) is 18.2 Å². The van der Waals surface area contributed by atoms with Crippen molar-refractivity contribution in [2.45, 2.75) is 6.54 Å². The summed E-state index contributed by atoms with van der Waals surface area (Å²) in [6, 6.07) is 10.1. The maximum atomic E-state index is 13.3. The predicted molar refractivity (Wildman–Crippen MR) is 93.3 cm³/mol. The van der Waals surface area contributed by atoms with E-state index in [-0.39, 0.29) is 11.4 Å². The lowest BCUT2D eigenvalue weighted by molar-refractivity contribution is 0.243. The molecule has 0 aliphatic carbocycles. The molecule has 0 spiro atoms. The normalized spacial score (nSPS) is 15.8. The van der Waals surface area contributed by atoms with Crippen molar-refractivity contribution in [3.8, 4) is 0 Å². The summed E-state index contributed by atoms with van der Waals surface area (Å²) in [5.74, 6) is -0.323. The largest absolute Gasteiger partial charge is 0.423 e. The Labute approximate surface area is 144 Å². The van der Waals surface area contributed by atoms with Crippen LogP contribution >= 0.6 is 0 Å². The zero-order valence-electron chi connectivity index (χ0n) is 13.8. The highest BCUT2D eigenvalue weighted by atomic mass is 19.1. The highest BCUT2D eigenvalue weighted by Crippen LogP contribution is 2.23. The summed E-state index contributed by atoms with van der Waals surface area (Å²) in [5, 5.41) is 0. The fraction of sp³-hybridized carbons (Fsp3) is 0.333. The minimum absolute atomic E-state index is 0.0276. The number of oxazole rings is 1. The number of anilines is 1. The predicted octanol–water partition coefficient (Wildman–Crippen LogP) is 1.95. The van der Waals surface area contributed by atoms with E-state index in [4.69, 9.17) is 4.42 Å². The van der Waals surface area contributed by atoms with Gasteiger partial charge < -0.3 is 13.9 Å². The van der Waals surface area contributed by atoms with Crippen LogP contribution < -0.4 is 10.5 Å². The molecule has 3 heterocycles. The van der Waals surface area contributed by atoms with Gasteiger partial charge >= 0.3 is 0 Å². The van der Waals surface area contributed by atoms with Crippen molar-refractivity contribution in [3.05, 3.63) is 58.8 Å². The Balaban J connectivity index is 1.36. The third kappa shape index (κ3) is 3.41. The van der Waals surface area contributed by atoms with E-state index in [1.165, 1.54) is 12.1 Å². The van der Waals surface area contributed by atoms with Crippen molar-refractivity contribution in [2.75, 3.05) is 37.6 Å². The molecule has 0 amide bonds. The minimum atomic E-state index is -0.323. The molecule has 1 aliphatic heterocycles. The number of benzene rings is 1. The lowest BCUT2D eigenvalue weighted by Crippen LogP contribution is -2.47. The van der Waals surface area contributed by atoms with Gasteiger partial charge in [0.25, 0.3) is 11.6 Å². The van der Waals surface area contributed by atoms with Crippen LogP contribution in [0.4, 0.5) is 10.4 Å². The molecule has 2 aromatic heterocycles. The van der Waals surface area contributed by atoms with Gasteiger partial charge in [0.15, 0.2) is 5.58 Å². The maximum Gasteiger partial charge on any atom is 0.298 e. The molecule has 1 aromatic carbocycles. The maximum absolute atomic E-state index is 13.3. The van der Waals surface area contributed by atoms with E-state index >= 15 is 0 Å². The van der Waals surface area contributed by atoms with Crippen LogP contribution in [-0.4, -0.2) is 47.2 Å². The lowest BCUT2D eigenvalue weighted by atomic mass is 10.3. The zero-order valence-corrected chi connectivity index (χ0v) is 13.8. The Morgan fingerprint density at radius 1 is 1.08 bits per heavy atom. The van der Waals surface area contributed by atoms with Crippen LogP contribution in [0, 0.1) is 5.82 Å². The summed E-state index contributed by atoms with van der Waals surface area (Å²) in [5.41, 5.74) is 1.17. The van der Waals surface area contributed by atoms with E-state index < -0.39 is 0 Å². The van der Waals surface area contributed by atoms with Gasteiger partial charge in [0.05, 0.1) is 0 Å². The molecule has 7 heteroatoms. The van der Waals surface area contributed by atoms with Crippen LogP contribution in [0.1, 0.15) is 0 Å². The first kappa shape index (κ1) is 15.8. The summed E-state index contributed by atoms with van der Waals surface area (Å²) in [6.45, 7) is 4.83. The average Bonchev–Trinajstić information content (AvgIpc) is 3.04. The van der Waals surface area contributed by atoms with Crippen LogP contribution in [0.2, 0.25) is 0 Å². The SMILES string of the molecule is O=c1ccccn1CCN1CCN(c2nc3ccc(F)cc3o2)CC1. The molecule has 1 fully saturated rings. The molecule has 0 N–H and O–H groups in total. The molecule has 0 atom stereocenters. The number of halogens is 1. The molecule has 1 aliphatic rings. The third-order valence-corrected chi connectivity index (χ3v) is 4.54. The van der Waals surface area contributed by atoms with Crippen molar-refractivity contribution in [3.63, 3.8) is 0 Å². The van der Waals surface area contributed by atoms with Gasteiger partial charge in [-0.2, -0.15) is 4.98 Å². The van der Waals surface area contributed by atoms with Crippen LogP contribution in [-0.2, 0) is 6.54 Å². The smallest absolute Gasteiger partial charge is 0.298 e. The Bertz CT molecular complexity index is 928. The van der Waals surface area contributed by atoms with Gasteiger partial charge in [0, 0.05) is 57.6 Å². The first-order valence-electron chi connectivity index (χ1n) is 8.38. The van der Waals surface area contributed by atoms with E-state index in [0.29, 0.717) is 23.7 Å². The number of piperazine rings is 1. The number of nitrogens with zero attached hydrogens (tertiary/aromatic N) is 4. The van der Waals surface area contributed by atoms with Crippen molar-refractivity contribution in [1.82, 2.24) is 14.5 Å².